The van der Waals surface area contributed by atoms with Crippen LogP contribution in [-0.4, -0.2) is 27.0 Å². The molecule has 0 aliphatic carbocycles. The molecule has 26 heavy (non-hydrogen) atoms. The third-order valence-electron chi connectivity index (χ3n) is 3.31. The van der Waals surface area contributed by atoms with E-state index in [1.807, 2.05) is 0 Å². The second-order valence-corrected chi connectivity index (χ2v) is 7.76. The molecule has 0 aliphatic rings. The first kappa shape index (κ1) is 19.9. The van der Waals surface area contributed by atoms with E-state index in [2.05, 4.69) is 10.0 Å². The molecule has 140 valence electrons. The van der Waals surface area contributed by atoms with Crippen LogP contribution in [0.3, 0.4) is 0 Å². The topological polar surface area (TPSA) is 84.5 Å². The van der Waals surface area contributed by atoms with Crippen molar-refractivity contribution in [1.82, 2.24) is 4.72 Å². The molecule has 1 amide bonds. The summed E-state index contributed by atoms with van der Waals surface area (Å²) in [7, 11) is -3.60. The largest absolute Gasteiger partial charge is 0.483 e. The van der Waals surface area contributed by atoms with Gasteiger partial charge in [-0.25, -0.2) is 17.5 Å². The van der Waals surface area contributed by atoms with Crippen LogP contribution in [0.5, 0.6) is 5.75 Å². The summed E-state index contributed by atoms with van der Waals surface area (Å²) in [6, 6.07) is 9.70. The quantitative estimate of drug-likeness (QED) is 0.774. The molecular formula is C18H21FN2O4S. The van der Waals surface area contributed by atoms with Gasteiger partial charge in [0, 0.05) is 11.7 Å². The van der Waals surface area contributed by atoms with E-state index in [1.54, 1.807) is 26.8 Å². The van der Waals surface area contributed by atoms with E-state index < -0.39 is 21.7 Å². The van der Waals surface area contributed by atoms with Crippen LogP contribution in [-0.2, 0) is 14.8 Å². The summed E-state index contributed by atoms with van der Waals surface area (Å²) in [6.07, 6.45) is 0. The van der Waals surface area contributed by atoms with Crippen LogP contribution in [0.15, 0.2) is 47.4 Å². The Morgan fingerprint density at radius 3 is 2.54 bits per heavy atom. The molecule has 2 aromatic carbocycles. The van der Waals surface area contributed by atoms with Crippen molar-refractivity contribution in [2.75, 3.05) is 11.9 Å². The van der Waals surface area contributed by atoms with Crippen molar-refractivity contribution in [3.63, 3.8) is 0 Å². The van der Waals surface area contributed by atoms with Gasteiger partial charge in [0.25, 0.3) is 5.91 Å². The molecule has 0 heterocycles. The molecule has 0 saturated heterocycles. The van der Waals surface area contributed by atoms with Crippen molar-refractivity contribution >= 4 is 21.6 Å². The first-order valence-electron chi connectivity index (χ1n) is 7.98. The van der Waals surface area contributed by atoms with E-state index >= 15 is 0 Å². The fraction of sp³-hybridized carbons (Fsp3) is 0.278. The monoisotopic (exact) mass is 380 g/mol. The Kier molecular flexibility index (Phi) is 6.33. The first-order valence-corrected chi connectivity index (χ1v) is 9.47. The molecule has 2 N–H and O–H groups in total. The minimum Gasteiger partial charge on any atom is -0.483 e. The van der Waals surface area contributed by atoms with Crippen molar-refractivity contribution in [3.05, 3.63) is 53.8 Å². The van der Waals surface area contributed by atoms with Crippen molar-refractivity contribution in [2.24, 2.45) is 0 Å². The van der Waals surface area contributed by atoms with E-state index in [0.717, 1.165) is 0 Å². The Balaban J connectivity index is 2.01. The van der Waals surface area contributed by atoms with E-state index in [0.29, 0.717) is 17.0 Å². The maximum absolute atomic E-state index is 13.1. The van der Waals surface area contributed by atoms with Gasteiger partial charge in [0.1, 0.15) is 11.6 Å². The number of anilines is 1. The highest BCUT2D eigenvalue weighted by molar-refractivity contribution is 7.89. The highest BCUT2D eigenvalue weighted by atomic mass is 32.2. The Bertz CT molecular complexity index is 898. The number of rotatable bonds is 7. The van der Waals surface area contributed by atoms with Gasteiger partial charge in [-0.05, 0) is 62.7 Å². The molecule has 0 aliphatic heterocycles. The van der Waals surface area contributed by atoms with Crippen LogP contribution in [0, 0.1) is 12.7 Å². The number of sulfonamides is 1. The third kappa shape index (κ3) is 5.53. The normalized spacial score (nSPS) is 11.4. The van der Waals surface area contributed by atoms with E-state index in [1.165, 1.54) is 36.4 Å². The van der Waals surface area contributed by atoms with Gasteiger partial charge >= 0.3 is 0 Å². The van der Waals surface area contributed by atoms with Gasteiger partial charge in [-0.1, -0.05) is 6.07 Å². The van der Waals surface area contributed by atoms with Gasteiger partial charge in [0.05, 0.1) is 4.90 Å². The Morgan fingerprint density at radius 1 is 1.19 bits per heavy atom. The highest BCUT2D eigenvalue weighted by Gasteiger charge is 2.17. The minimum atomic E-state index is -3.60. The number of amides is 1. The lowest BCUT2D eigenvalue weighted by molar-refractivity contribution is -0.118. The molecular weight excluding hydrogens is 359 g/mol. The van der Waals surface area contributed by atoms with Crippen LogP contribution in [0.2, 0.25) is 0 Å². The fourth-order valence-electron chi connectivity index (χ4n) is 2.24. The van der Waals surface area contributed by atoms with Crippen LogP contribution in [0.1, 0.15) is 19.4 Å². The van der Waals surface area contributed by atoms with Crippen LogP contribution >= 0.6 is 0 Å². The molecule has 0 aromatic heterocycles. The van der Waals surface area contributed by atoms with E-state index in [9.17, 15) is 17.6 Å². The molecule has 0 saturated carbocycles. The average molecular weight is 380 g/mol. The zero-order valence-corrected chi connectivity index (χ0v) is 15.6. The summed E-state index contributed by atoms with van der Waals surface area (Å²) >= 11 is 0. The molecule has 6 nitrogen and oxygen atoms in total. The molecule has 0 unspecified atom stereocenters. The number of hydrogen-bond acceptors (Lipinski definition) is 4. The van der Waals surface area contributed by atoms with Gasteiger partial charge in [-0.2, -0.15) is 0 Å². The Morgan fingerprint density at radius 2 is 1.92 bits per heavy atom. The smallest absolute Gasteiger partial charge is 0.262 e. The number of benzene rings is 2. The lowest BCUT2D eigenvalue weighted by atomic mass is 10.2. The number of ether oxygens (including phenoxy) is 1. The number of halogens is 1. The van der Waals surface area contributed by atoms with E-state index in [4.69, 9.17) is 4.74 Å². The summed E-state index contributed by atoms with van der Waals surface area (Å²) < 4.78 is 45.3. The van der Waals surface area contributed by atoms with Crippen LogP contribution in [0.25, 0.3) is 0 Å². The second-order valence-electron chi connectivity index (χ2n) is 6.05. The van der Waals surface area contributed by atoms with Crippen molar-refractivity contribution in [3.8, 4) is 5.75 Å². The fourth-order valence-corrected chi connectivity index (χ4v) is 3.57. The van der Waals surface area contributed by atoms with Gasteiger partial charge < -0.3 is 10.1 Å². The molecule has 0 bridgehead atoms. The Hall–Kier alpha value is -2.45. The zero-order valence-electron chi connectivity index (χ0n) is 14.7. The molecule has 2 rings (SSSR count). The second kappa shape index (κ2) is 8.29. The summed E-state index contributed by atoms with van der Waals surface area (Å²) in [5.74, 6) is -0.512. The lowest BCUT2D eigenvalue weighted by Gasteiger charge is -2.13. The van der Waals surface area contributed by atoms with Gasteiger partial charge in [-0.3, -0.25) is 4.79 Å². The van der Waals surface area contributed by atoms with Crippen molar-refractivity contribution in [1.29, 1.82) is 0 Å². The van der Waals surface area contributed by atoms with Gasteiger partial charge in [0.15, 0.2) is 6.61 Å². The first-order chi connectivity index (χ1) is 12.2. The summed E-state index contributed by atoms with van der Waals surface area (Å²) in [5, 5.41) is 2.52. The minimum absolute atomic E-state index is 0.125. The number of nitrogens with one attached hydrogen (secondary N) is 2. The summed E-state index contributed by atoms with van der Waals surface area (Å²) in [4.78, 5) is 12.0. The summed E-state index contributed by atoms with van der Waals surface area (Å²) in [5.41, 5.74) is 0.909. The molecule has 0 spiro atoms. The zero-order chi connectivity index (χ0) is 19.3. The molecule has 8 heteroatoms. The number of carbonyl (C=O) groups excluding carboxylic acids is 1. The van der Waals surface area contributed by atoms with Crippen molar-refractivity contribution < 1.29 is 22.3 Å². The summed E-state index contributed by atoms with van der Waals surface area (Å²) in [6.45, 7) is 4.88. The molecule has 2 aromatic rings. The standard InChI is InChI=1S/C18H21FN2O4S/c1-12(2)21-26(23,24)16-7-8-17(13(3)9-16)25-11-18(22)20-15-6-4-5-14(19)10-15/h4-10,12,21H,11H2,1-3H3,(H,20,22). The van der Waals surface area contributed by atoms with Gasteiger partial charge in [0.2, 0.25) is 10.0 Å². The maximum Gasteiger partial charge on any atom is 0.262 e. The molecule has 0 fully saturated rings. The predicted octanol–water partition coefficient (Wildman–Crippen LogP) is 2.84. The third-order valence-corrected chi connectivity index (χ3v) is 4.97. The number of carbonyl (C=O) groups is 1. The molecule has 0 radical (unpaired) electrons. The number of aryl methyl sites for hydroxylation is 1. The van der Waals surface area contributed by atoms with Crippen molar-refractivity contribution in [2.45, 2.75) is 31.7 Å². The Labute approximate surface area is 152 Å². The highest BCUT2D eigenvalue weighted by Crippen LogP contribution is 2.22. The number of hydrogen-bond donors (Lipinski definition) is 2. The SMILES string of the molecule is Cc1cc(S(=O)(=O)NC(C)C)ccc1OCC(=O)Nc1cccc(F)c1. The predicted molar refractivity (Wildman–Crippen MR) is 97.2 cm³/mol. The van der Waals surface area contributed by atoms with E-state index in [-0.39, 0.29) is 17.5 Å². The maximum atomic E-state index is 13.1. The lowest BCUT2D eigenvalue weighted by Crippen LogP contribution is -2.30. The molecule has 0 atom stereocenters. The van der Waals surface area contributed by atoms with Gasteiger partial charge in [-0.15, -0.1) is 0 Å². The van der Waals surface area contributed by atoms with Crippen LogP contribution in [0.4, 0.5) is 10.1 Å². The van der Waals surface area contributed by atoms with Crippen LogP contribution < -0.4 is 14.8 Å². The average Bonchev–Trinajstić information content (AvgIpc) is 2.52.